The van der Waals surface area contributed by atoms with Crippen LogP contribution >= 0.6 is 11.3 Å². The van der Waals surface area contributed by atoms with Crippen LogP contribution in [-0.4, -0.2) is 17.7 Å². The molecule has 0 atom stereocenters. The number of fused-ring (bicyclic) bond motifs is 1. The Balaban J connectivity index is 2.21. The molecule has 0 spiro atoms. The van der Waals surface area contributed by atoms with Gasteiger partial charge in [-0.25, -0.2) is 4.79 Å². The molecule has 0 amide bonds. The number of carboxylic acid groups (broad SMARTS) is 1. The van der Waals surface area contributed by atoms with E-state index in [9.17, 15) is 4.79 Å². The molecule has 0 fully saturated rings. The maximum Gasteiger partial charge on any atom is 0.341 e. The summed E-state index contributed by atoms with van der Waals surface area (Å²) in [6.07, 6.45) is 0. The van der Waals surface area contributed by atoms with E-state index in [0.29, 0.717) is 5.75 Å². The van der Waals surface area contributed by atoms with Crippen molar-refractivity contribution in [2.45, 2.75) is 0 Å². The van der Waals surface area contributed by atoms with Gasteiger partial charge < -0.3 is 9.84 Å². The van der Waals surface area contributed by atoms with Crippen molar-refractivity contribution < 1.29 is 14.6 Å². The van der Waals surface area contributed by atoms with Gasteiger partial charge in [0, 0.05) is 4.70 Å². The Bertz CT molecular complexity index is 461. The second-order valence-corrected chi connectivity index (χ2v) is 3.75. The molecule has 1 N–H and O–H groups in total. The summed E-state index contributed by atoms with van der Waals surface area (Å²) in [5, 5.41) is 11.6. The molecule has 1 heterocycles. The highest BCUT2D eigenvalue weighted by atomic mass is 32.1. The summed E-state index contributed by atoms with van der Waals surface area (Å²) in [5.41, 5.74) is 0. The minimum atomic E-state index is -0.962. The molecule has 0 saturated carbocycles. The number of hydrogen-bond acceptors (Lipinski definition) is 3. The van der Waals surface area contributed by atoms with Crippen molar-refractivity contribution in [1.82, 2.24) is 0 Å². The average molecular weight is 208 g/mol. The molecular formula is C10H8O3S. The molecule has 0 bridgehead atoms. The molecule has 0 saturated heterocycles. The van der Waals surface area contributed by atoms with Gasteiger partial charge in [-0.2, -0.15) is 0 Å². The van der Waals surface area contributed by atoms with Gasteiger partial charge >= 0.3 is 5.97 Å². The molecule has 0 aliphatic heterocycles. The first-order valence-corrected chi connectivity index (χ1v) is 4.95. The van der Waals surface area contributed by atoms with Gasteiger partial charge in [0.05, 0.1) is 0 Å². The lowest BCUT2D eigenvalue weighted by Gasteiger charge is -2.02. The van der Waals surface area contributed by atoms with Crippen LogP contribution in [0.4, 0.5) is 0 Å². The van der Waals surface area contributed by atoms with Crippen LogP contribution in [0, 0.1) is 0 Å². The zero-order valence-electron chi connectivity index (χ0n) is 7.27. The monoisotopic (exact) mass is 208 g/mol. The number of aliphatic carboxylic acids is 1. The van der Waals surface area contributed by atoms with Crippen molar-refractivity contribution in [3.63, 3.8) is 0 Å². The van der Waals surface area contributed by atoms with Gasteiger partial charge in [-0.3, -0.25) is 0 Å². The zero-order chi connectivity index (χ0) is 9.97. The summed E-state index contributed by atoms with van der Waals surface area (Å²) in [6.45, 7) is -0.295. The fourth-order valence-electron chi connectivity index (χ4n) is 1.17. The van der Waals surface area contributed by atoms with Gasteiger partial charge in [-0.1, -0.05) is 0 Å². The normalized spacial score (nSPS) is 10.3. The molecule has 0 radical (unpaired) electrons. The summed E-state index contributed by atoms with van der Waals surface area (Å²) in [4.78, 5) is 10.3. The maximum atomic E-state index is 10.3. The van der Waals surface area contributed by atoms with Crippen molar-refractivity contribution >= 4 is 27.4 Å². The van der Waals surface area contributed by atoms with E-state index < -0.39 is 5.97 Å². The number of carboxylic acids is 1. The summed E-state index contributed by atoms with van der Waals surface area (Å²) in [7, 11) is 0. The van der Waals surface area contributed by atoms with Crippen LogP contribution in [0.1, 0.15) is 0 Å². The Kier molecular flexibility index (Phi) is 2.37. The van der Waals surface area contributed by atoms with Crippen LogP contribution < -0.4 is 4.74 Å². The van der Waals surface area contributed by atoms with Crippen LogP contribution in [0.3, 0.4) is 0 Å². The first-order valence-electron chi connectivity index (χ1n) is 4.07. The second kappa shape index (κ2) is 3.67. The molecule has 1 aromatic carbocycles. The summed E-state index contributed by atoms with van der Waals surface area (Å²) < 4.78 is 6.16. The van der Waals surface area contributed by atoms with Crippen LogP contribution in [0.25, 0.3) is 10.1 Å². The minimum absolute atomic E-state index is 0.295. The second-order valence-electron chi connectivity index (χ2n) is 2.80. The number of carbonyl (C=O) groups is 1. The fourth-order valence-corrected chi connectivity index (χ4v) is 1.99. The Labute approximate surface area is 84.6 Å². The van der Waals surface area contributed by atoms with E-state index >= 15 is 0 Å². The topological polar surface area (TPSA) is 46.5 Å². The van der Waals surface area contributed by atoms with Crippen molar-refractivity contribution in [2.24, 2.45) is 0 Å². The summed E-state index contributed by atoms with van der Waals surface area (Å²) in [6, 6.07) is 7.56. The fraction of sp³-hybridized carbons (Fsp3) is 0.100. The molecule has 2 rings (SSSR count). The quantitative estimate of drug-likeness (QED) is 0.842. The first-order chi connectivity index (χ1) is 6.75. The molecule has 0 unspecified atom stereocenters. The standard InChI is InChI=1S/C10H8O3S/c11-10(12)6-13-8-2-1-7-3-4-14-9(7)5-8/h1-5H,6H2,(H,11,12). The average Bonchev–Trinajstić information content (AvgIpc) is 2.61. The van der Waals surface area contributed by atoms with E-state index in [4.69, 9.17) is 9.84 Å². The number of hydrogen-bond donors (Lipinski definition) is 1. The van der Waals surface area contributed by atoms with Crippen LogP contribution in [0.5, 0.6) is 5.75 Å². The molecule has 4 heteroatoms. The molecule has 2 aromatic rings. The van der Waals surface area contributed by atoms with Crippen molar-refractivity contribution in [2.75, 3.05) is 6.61 Å². The van der Waals surface area contributed by atoms with Gasteiger partial charge in [0.2, 0.25) is 0 Å². The Morgan fingerprint density at radius 3 is 3.07 bits per heavy atom. The van der Waals surface area contributed by atoms with E-state index in [1.807, 2.05) is 23.6 Å². The van der Waals surface area contributed by atoms with Gasteiger partial charge in [0.25, 0.3) is 0 Å². The highest BCUT2D eigenvalue weighted by Crippen LogP contribution is 2.25. The molecule has 0 aliphatic rings. The largest absolute Gasteiger partial charge is 0.482 e. The van der Waals surface area contributed by atoms with E-state index in [0.717, 1.165) is 10.1 Å². The van der Waals surface area contributed by atoms with Crippen molar-refractivity contribution in [1.29, 1.82) is 0 Å². The van der Waals surface area contributed by atoms with Crippen LogP contribution in [0.2, 0.25) is 0 Å². The molecule has 3 nitrogen and oxygen atoms in total. The predicted molar refractivity (Wildman–Crippen MR) is 55.0 cm³/mol. The highest BCUT2D eigenvalue weighted by molar-refractivity contribution is 7.17. The zero-order valence-corrected chi connectivity index (χ0v) is 8.08. The summed E-state index contributed by atoms with van der Waals surface area (Å²) in [5.74, 6) is -0.362. The third kappa shape index (κ3) is 1.85. The van der Waals surface area contributed by atoms with Gasteiger partial charge in [0.1, 0.15) is 5.75 Å². The smallest absolute Gasteiger partial charge is 0.341 e. The lowest BCUT2D eigenvalue weighted by atomic mass is 10.2. The lowest BCUT2D eigenvalue weighted by Crippen LogP contribution is -2.09. The van der Waals surface area contributed by atoms with Crippen LogP contribution in [0.15, 0.2) is 29.6 Å². The van der Waals surface area contributed by atoms with E-state index in [1.165, 1.54) is 0 Å². The molecular weight excluding hydrogens is 200 g/mol. The number of benzene rings is 1. The van der Waals surface area contributed by atoms with Gasteiger partial charge in [0.15, 0.2) is 6.61 Å². The molecule has 1 aromatic heterocycles. The molecule has 14 heavy (non-hydrogen) atoms. The van der Waals surface area contributed by atoms with Gasteiger partial charge in [-0.05, 0) is 35.0 Å². The van der Waals surface area contributed by atoms with E-state index in [1.54, 1.807) is 17.4 Å². The number of rotatable bonds is 3. The first kappa shape index (κ1) is 9.02. The lowest BCUT2D eigenvalue weighted by molar-refractivity contribution is -0.139. The summed E-state index contributed by atoms with van der Waals surface area (Å²) >= 11 is 1.61. The maximum absolute atomic E-state index is 10.3. The highest BCUT2D eigenvalue weighted by Gasteiger charge is 2.00. The van der Waals surface area contributed by atoms with E-state index in [2.05, 4.69) is 0 Å². The van der Waals surface area contributed by atoms with Crippen molar-refractivity contribution in [3.8, 4) is 5.75 Å². The third-order valence-corrected chi connectivity index (χ3v) is 2.67. The predicted octanol–water partition coefficient (Wildman–Crippen LogP) is 2.36. The van der Waals surface area contributed by atoms with Crippen molar-refractivity contribution in [3.05, 3.63) is 29.6 Å². The third-order valence-electron chi connectivity index (χ3n) is 1.79. The SMILES string of the molecule is O=C(O)COc1ccc2ccsc2c1. The minimum Gasteiger partial charge on any atom is -0.482 e. The number of ether oxygens (including phenoxy) is 1. The van der Waals surface area contributed by atoms with E-state index in [-0.39, 0.29) is 6.61 Å². The van der Waals surface area contributed by atoms with Crippen LogP contribution in [-0.2, 0) is 4.79 Å². The number of thiophene rings is 1. The Hall–Kier alpha value is -1.55. The molecule has 72 valence electrons. The Morgan fingerprint density at radius 2 is 2.29 bits per heavy atom. The van der Waals surface area contributed by atoms with Gasteiger partial charge in [-0.15, -0.1) is 11.3 Å². The Morgan fingerprint density at radius 1 is 1.43 bits per heavy atom. The molecule has 0 aliphatic carbocycles.